The van der Waals surface area contributed by atoms with E-state index in [-0.39, 0.29) is 5.69 Å². The molecule has 5 heteroatoms. The molecule has 26 heavy (non-hydrogen) atoms. The van der Waals surface area contributed by atoms with Crippen LogP contribution in [0.1, 0.15) is 11.1 Å². The average molecular weight is 342 g/mol. The number of hydrogen-bond donors (Lipinski definition) is 0. The van der Waals surface area contributed by atoms with E-state index in [9.17, 15) is 15.4 Å². The van der Waals surface area contributed by atoms with E-state index in [1.165, 1.54) is 12.1 Å². The van der Waals surface area contributed by atoms with Crippen LogP contribution in [0.5, 0.6) is 11.5 Å². The monoisotopic (exact) mass is 342 g/mol. The number of hydrogen-bond acceptors (Lipinski definition) is 4. The molecule has 0 unspecified atom stereocenters. The van der Waals surface area contributed by atoms with Crippen LogP contribution in [0.15, 0.2) is 78.9 Å². The zero-order valence-electron chi connectivity index (χ0n) is 13.7. The molecule has 0 spiro atoms. The zero-order valence-corrected chi connectivity index (χ0v) is 13.7. The second-order valence-electron chi connectivity index (χ2n) is 5.46. The summed E-state index contributed by atoms with van der Waals surface area (Å²) in [5.41, 5.74) is 1.55. The Balaban J connectivity index is 1.90. The van der Waals surface area contributed by atoms with Gasteiger partial charge in [0.05, 0.1) is 16.6 Å². The van der Waals surface area contributed by atoms with Crippen LogP contribution >= 0.6 is 0 Å². The van der Waals surface area contributed by atoms with Crippen molar-refractivity contribution in [1.29, 1.82) is 5.26 Å². The largest absolute Gasteiger partial charge is 0.457 e. The van der Waals surface area contributed by atoms with E-state index in [1.807, 2.05) is 54.6 Å². The SMILES string of the molecule is N#C/C(=C/c1cccc(Oc2ccccc2)c1)c1cccc([N+](=O)[O-])c1. The number of nitrogens with zero attached hydrogens (tertiary/aromatic N) is 2. The summed E-state index contributed by atoms with van der Waals surface area (Å²) >= 11 is 0. The summed E-state index contributed by atoms with van der Waals surface area (Å²) < 4.78 is 5.79. The van der Waals surface area contributed by atoms with Crippen LogP contribution in [0.2, 0.25) is 0 Å². The van der Waals surface area contributed by atoms with Crippen molar-refractivity contribution < 1.29 is 9.66 Å². The van der Waals surface area contributed by atoms with E-state index in [1.54, 1.807) is 18.2 Å². The number of para-hydroxylation sites is 1. The fourth-order valence-corrected chi connectivity index (χ4v) is 2.43. The first-order chi connectivity index (χ1) is 12.7. The standard InChI is InChI=1S/C21H14N2O3/c22-15-18(17-7-5-8-19(14-17)23(24)25)12-16-6-4-11-21(13-16)26-20-9-2-1-3-10-20/h1-14H/b18-12-. The highest BCUT2D eigenvalue weighted by atomic mass is 16.6. The van der Waals surface area contributed by atoms with Gasteiger partial charge in [0.25, 0.3) is 5.69 Å². The lowest BCUT2D eigenvalue weighted by molar-refractivity contribution is -0.384. The van der Waals surface area contributed by atoms with Crippen molar-refractivity contribution in [3.63, 3.8) is 0 Å². The average Bonchev–Trinajstić information content (AvgIpc) is 2.67. The molecule has 3 aromatic rings. The Bertz CT molecular complexity index is 1010. The molecule has 0 aliphatic rings. The molecule has 0 aliphatic carbocycles. The second kappa shape index (κ2) is 7.77. The van der Waals surface area contributed by atoms with Gasteiger partial charge in [0.1, 0.15) is 11.5 Å². The summed E-state index contributed by atoms with van der Waals surface area (Å²) in [6.07, 6.45) is 1.68. The van der Waals surface area contributed by atoms with Gasteiger partial charge in [0.2, 0.25) is 0 Å². The molecular weight excluding hydrogens is 328 g/mol. The number of allylic oxidation sites excluding steroid dienone is 1. The minimum atomic E-state index is -0.479. The van der Waals surface area contributed by atoms with E-state index in [4.69, 9.17) is 4.74 Å². The van der Waals surface area contributed by atoms with Crippen LogP contribution in [-0.4, -0.2) is 4.92 Å². The van der Waals surface area contributed by atoms with Crippen molar-refractivity contribution in [2.75, 3.05) is 0 Å². The lowest BCUT2D eigenvalue weighted by Gasteiger charge is -2.06. The molecule has 0 heterocycles. The van der Waals surface area contributed by atoms with Crippen LogP contribution < -0.4 is 4.74 Å². The predicted octanol–water partition coefficient (Wildman–Crippen LogP) is 5.45. The maximum absolute atomic E-state index is 10.9. The highest BCUT2D eigenvalue weighted by Crippen LogP contribution is 2.25. The minimum absolute atomic E-state index is 0.0511. The van der Waals surface area contributed by atoms with E-state index >= 15 is 0 Å². The smallest absolute Gasteiger partial charge is 0.270 e. The molecule has 5 nitrogen and oxygen atoms in total. The maximum Gasteiger partial charge on any atom is 0.270 e. The van der Waals surface area contributed by atoms with Crippen molar-refractivity contribution in [3.05, 3.63) is 100 Å². The third kappa shape index (κ3) is 4.13. The molecule has 3 rings (SSSR count). The number of rotatable bonds is 5. The summed E-state index contributed by atoms with van der Waals surface area (Å²) in [5, 5.41) is 20.4. The molecule has 0 atom stereocenters. The Labute approximate surface area is 150 Å². The summed E-state index contributed by atoms with van der Waals surface area (Å²) in [7, 11) is 0. The Kier molecular flexibility index (Phi) is 5.06. The van der Waals surface area contributed by atoms with Crippen molar-refractivity contribution in [2.45, 2.75) is 0 Å². The summed E-state index contributed by atoms with van der Waals surface area (Å²) in [6, 6.07) is 24.8. The molecule has 0 bridgehead atoms. The van der Waals surface area contributed by atoms with Gasteiger partial charge in [0.15, 0.2) is 0 Å². The number of nitro benzene ring substituents is 1. The van der Waals surface area contributed by atoms with Crippen LogP contribution in [0.25, 0.3) is 11.6 Å². The molecule has 0 fully saturated rings. The number of benzene rings is 3. The summed E-state index contributed by atoms with van der Waals surface area (Å²) in [5.74, 6) is 1.36. The third-order valence-corrected chi connectivity index (χ3v) is 3.64. The topological polar surface area (TPSA) is 76.2 Å². The number of nitriles is 1. The lowest BCUT2D eigenvalue weighted by Crippen LogP contribution is -1.90. The fourth-order valence-electron chi connectivity index (χ4n) is 2.43. The molecule has 0 saturated heterocycles. The minimum Gasteiger partial charge on any atom is -0.457 e. The summed E-state index contributed by atoms with van der Waals surface area (Å²) in [4.78, 5) is 10.4. The van der Waals surface area contributed by atoms with Crippen molar-refractivity contribution >= 4 is 17.3 Å². The van der Waals surface area contributed by atoms with Gasteiger partial charge in [-0.05, 0) is 41.5 Å². The van der Waals surface area contributed by atoms with Gasteiger partial charge >= 0.3 is 0 Å². The van der Waals surface area contributed by atoms with Crippen molar-refractivity contribution in [1.82, 2.24) is 0 Å². The lowest BCUT2D eigenvalue weighted by atomic mass is 10.0. The number of non-ortho nitro benzene ring substituents is 1. The van der Waals surface area contributed by atoms with E-state index in [0.717, 1.165) is 5.56 Å². The Morgan fingerprint density at radius 2 is 1.69 bits per heavy atom. The molecule has 126 valence electrons. The van der Waals surface area contributed by atoms with E-state index in [2.05, 4.69) is 6.07 Å². The van der Waals surface area contributed by atoms with Gasteiger partial charge in [-0.1, -0.05) is 42.5 Å². The Morgan fingerprint density at radius 1 is 0.962 bits per heavy atom. The van der Waals surface area contributed by atoms with Gasteiger partial charge in [-0.2, -0.15) is 5.26 Å². The van der Waals surface area contributed by atoms with Crippen LogP contribution in [-0.2, 0) is 0 Å². The van der Waals surface area contributed by atoms with Gasteiger partial charge < -0.3 is 4.74 Å². The highest BCUT2D eigenvalue weighted by Gasteiger charge is 2.09. The first-order valence-electron chi connectivity index (χ1n) is 7.85. The molecule has 3 aromatic carbocycles. The van der Waals surface area contributed by atoms with E-state index < -0.39 is 4.92 Å². The van der Waals surface area contributed by atoms with Crippen LogP contribution in [0.4, 0.5) is 5.69 Å². The third-order valence-electron chi connectivity index (χ3n) is 3.64. The number of nitro groups is 1. The molecule has 0 N–H and O–H groups in total. The quantitative estimate of drug-likeness (QED) is 0.267. The normalized spacial score (nSPS) is 10.8. The Hall–Kier alpha value is -3.91. The molecule has 0 amide bonds. The first kappa shape index (κ1) is 16.9. The Morgan fingerprint density at radius 3 is 2.42 bits per heavy atom. The van der Waals surface area contributed by atoms with Crippen molar-refractivity contribution in [2.24, 2.45) is 0 Å². The van der Waals surface area contributed by atoms with Gasteiger partial charge in [-0.25, -0.2) is 0 Å². The van der Waals surface area contributed by atoms with Gasteiger partial charge in [-0.15, -0.1) is 0 Å². The highest BCUT2D eigenvalue weighted by molar-refractivity contribution is 5.90. The van der Waals surface area contributed by atoms with Crippen LogP contribution in [0, 0.1) is 21.4 Å². The summed E-state index contributed by atoms with van der Waals surface area (Å²) in [6.45, 7) is 0. The predicted molar refractivity (Wildman–Crippen MR) is 99.5 cm³/mol. The van der Waals surface area contributed by atoms with Crippen molar-refractivity contribution in [3.8, 4) is 17.6 Å². The second-order valence-corrected chi connectivity index (χ2v) is 5.46. The fraction of sp³-hybridized carbons (Fsp3) is 0. The molecule has 0 saturated carbocycles. The molecule has 0 radical (unpaired) electrons. The first-order valence-corrected chi connectivity index (χ1v) is 7.85. The molecular formula is C21H14N2O3. The van der Waals surface area contributed by atoms with Crippen LogP contribution in [0.3, 0.4) is 0 Å². The zero-order chi connectivity index (χ0) is 18.4. The van der Waals surface area contributed by atoms with E-state index in [0.29, 0.717) is 22.6 Å². The number of ether oxygens (including phenoxy) is 1. The van der Waals surface area contributed by atoms with Gasteiger partial charge in [-0.3, -0.25) is 10.1 Å². The molecule has 0 aliphatic heterocycles. The van der Waals surface area contributed by atoms with Gasteiger partial charge in [0, 0.05) is 12.1 Å². The maximum atomic E-state index is 10.9. The molecule has 0 aromatic heterocycles.